The van der Waals surface area contributed by atoms with Gasteiger partial charge in [-0.2, -0.15) is 4.98 Å². The molecule has 0 fully saturated rings. The Labute approximate surface area is 130 Å². The van der Waals surface area contributed by atoms with Crippen molar-refractivity contribution >= 4 is 15.7 Å². The predicted molar refractivity (Wildman–Crippen MR) is 85.0 cm³/mol. The molecule has 2 rings (SSSR count). The summed E-state index contributed by atoms with van der Waals surface area (Å²) in [4.78, 5) is 4.33. The molecule has 0 aliphatic carbocycles. The Balaban J connectivity index is 2.29. The molecule has 0 saturated carbocycles. The molecular weight excluding hydrogens is 304 g/mol. The molecule has 120 valence electrons. The number of para-hydroxylation sites is 1. The molecule has 1 atom stereocenters. The first kappa shape index (κ1) is 16.4. The second-order valence-corrected chi connectivity index (χ2v) is 6.97. The molecule has 1 aromatic carbocycles. The number of likely N-dealkylation sites (N-methyl/N-ethyl adjacent to an activating group) is 1. The van der Waals surface area contributed by atoms with Crippen LogP contribution in [0.5, 0.6) is 0 Å². The maximum atomic E-state index is 11.8. The molecule has 7 nitrogen and oxygen atoms in total. The van der Waals surface area contributed by atoms with E-state index < -0.39 is 10.0 Å². The molecule has 0 radical (unpaired) electrons. The third-order valence-corrected chi connectivity index (χ3v) is 4.54. The average Bonchev–Trinajstić information content (AvgIpc) is 2.95. The molecule has 0 saturated heterocycles. The van der Waals surface area contributed by atoms with Crippen molar-refractivity contribution in [2.24, 2.45) is 0 Å². The van der Waals surface area contributed by atoms with E-state index in [1.165, 1.54) is 0 Å². The maximum Gasteiger partial charge on any atom is 0.260 e. The molecule has 2 N–H and O–H groups in total. The second-order valence-electron chi connectivity index (χ2n) is 4.96. The summed E-state index contributed by atoms with van der Waals surface area (Å²) in [6.07, 6.45) is 0.628. The van der Waals surface area contributed by atoms with Crippen LogP contribution in [-0.2, 0) is 16.4 Å². The number of hydrogen-bond donors (Lipinski definition) is 2. The number of nitrogens with one attached hydrogen (secondary N) is 2. The van der Waals surface area contributed by atoms with Gasteiger partial charge in [-0.1, -0.05) is 17.3 Å². The van der Waals surface area contributed by atoms with E-state index in [2.05, 4.69) is 20.2 Å². The van der Waals surface area contributed by atoms with Gasteiger partial charge in [0.1, 0.15) is 0 Å². The summed E-state index contributed by atoms with van der Waals surface area (Å²) < 4.78 is 31.3. The number of anilines is 1. The van der Waals surface area contributed by atoms with E-state index in [0.29, 0.717) is 29.4 Å². The van der Waals surface area contributed by atoms with Crippen molar-refractivity contribution in [1.82, 2.24) is 15.5 Å². The summed E-state index contributed by atoms with van der Waals surface area (Å²) in [5, 5.41) is 7.03. The number of sulfonamides is 1. The Morgan fingerprint density at radius 3 is 2.73 bits per heavy atom. The molecule has 8 heteroatoms. The smallest absolute Gasteiger partial charge is 0.260 e. The minimum atomic E-state index is -3.37. The van der Waals surface area contributed by atoms with Gasteiger partial charge in [0, 0.05) is 12.5 Å². The van der Waals surface area contributed by atoms with Gasteiger partial charge in [-0.05, 0) is 33.0 Å². The van der Waals surface area contributed by atoms with Gasteiger partial charge in [-0.15, -0.1) is 0 Å². The van der Waals surface area contributed by atoms with Crippen LogP contribution >= 0.6 is 0 Å². The molecule has 1 unspecified atom stereocenters. The lowest BCUT2D eigenvalue weighted by molar-refractivity contribution is 0.418. The van der Waals surface area contributed by atoms with Crippen LogP contribution in [0.25, 0.3) is 11.5 Å². The van der Waals surface area contributed by atoms with Crippen LogP contribution in [0.4, 0.5) is 5.69 Å². The van der Waals surface area contributed by atoms with Crippen LogP contribution in [0.1, 0.15) is 19.7 Å². The summed E-state index contributed by atoms with van der Waals surface area (Å²) in [6, 6.07) is 7.17. The Morgan fingerprint density at radius 2 is 2.05 bits per heavy atom. The number of hydrogen-bond acceptors (Lipinski definition) is 6. The fourth-order valence-electron chi connectivity index (χ4n) is 1.82. The van der Waals surface area contributed by atoms with Gasteiger partial charge in [0.15, 0.2) is 5.82 Å². The Bertz CT molecular complexity index is 727. The Kier molecular flexibility index (Phi) is 5.15. The van der Waals surface area contributed by atoms with Crippen LogP contribution in [0.15, 0.2) is 28.8 Å². The highest BCUT2D eigenvalue weighted by Gasteiger charge is 2.16. The van der Waals surface area contributed by atoms with Gasteiger partial charge >= 0.3 is 0 Å². The molecule has 0 aliphatic rings. The second kappa shape index (κ2) is 6.89. The number of rotatable bonds is 7. The van der Waals surface area contributed by atoms with Crippen molar-refractivity contribution < 1.29 is 12.9 Å². The zero-order valence-corrected chi connectivity index (χ0v) is 13.6. The molecule has 22 heavy (non-hydrogen) atoms. The summed E-state index contributed by atoms with van der Waals surface area (Å²) >= 11 is 0. The van der Waals surface area contributed by atoms with E-state index in [4.69, 9.17) is 4.52 Å². The lowest BCUT2D eigenvalue weighted by atomic mass is 10.2. The van der Waals surface area contributed by atoms with E-state index in [0.717, 1.165) is 0 Å². The van der Waals surface area contributed by atoms with Crippen molar-refractivity contribution in [2.75, 3.05) is 17.5 Å². The first-order chi connectivity index (χ1) is 10.4. The molecular formula is C14H20N4O3S. The van der Waals surface area contributed by atoms with Crippen LogP contribution in [0, 0.1) is 0 Å². The van der Waals surface area contributed by atoms with Crippen LogP contribution in [0.2, 0.25) is 0 Å². The van der Waals surface area contributed by atoms with E-state index >= 15 is 0 Å². The Hall–Kier alpha value is -1.93. The van der Waals surface area contributed by atoms with Gasteiger partial charge in [-0.25, -0.2) is 8.42 Å². The first-order valence-electron chi connectivity index (χ1n) is 7.05. The zero-order valence-electron chi connectivity index (χ0n) is 12.8. The van der Waals surface area contributed by atoms with Gasteiger partial charge < -0.3 is 9.84 Å². The van der Waals surface area contributed by atoms with Crippen molar-refractivity contribution in [3.63, 3.8) is 0 Å². The average molecular weight is 324 g/mol. The maximum absolute atomic E-state index is 11.8. The highest BCUT2D eigenvalue weighted by Crippen LogP contribution is 2.27. The van der Waals surface area contributed by atoms with Gasteiger partial charge in [-0.3, -0.25) is 4.72 Å². The highest BCUT2D eigenvalue weighted by molar-refractivity contribution is 7.92. The quantitative estimate of drug-likeness (QED) is 0.804. The predicted octanol–water partition coefficient (Wildman–Crippen LogP) is 1.65. The molecule has 2 aromatic rings. The molecule has 0 bridgehead atoms. The minimum absolute atomic E-state index is 0.00387. The Morgan fingerprint density at radius 1 is 1.32 bits per heavy atom. The summed E-state index contributed by atoms with van der Waals surface area (Å²) in [5.74, 6) is 0.869. The summed E-state index contributed by atoms with van der Waals surface area (Å²) in [6.45, 7) is 3.59. The number of aromatic nitrogens is 2. The van der Waals surface area contributed by atoms with Crippen LogP contribution in [-0.4, -0.2) is 37.4 Å². The van der Waals surface area contributed by atoms with Gasteiger partial charge in [0.2, 0.25) is 10.0 Å². The van der Waals surface area contributed by atoms with E-state index in [9.17, 15) is 8.42 Å². The minimum Gasteiger partial charge on any atom is -0.334 e. The number of benzene rings is 1. The third kappa shape index (κ3) is 4.05. The topological polar surface area (TPSA) is 97.1 Å². The molecule has 0 amide bonds. The van der Waals surface area contributed by atoms with Crippen LogP contribution in [0.3, 0.4) is 0 Å². The van der Waals surface area contributed by atoms with Crippen molar-refractivity contribution in [3.05, 3.63) is 30.1 Å². The standard InChI is InChI=1S/C14H20N4O3S/c1-4-22(19,20)18-12-8-6-5-7-11(12)14-16-13(17-21-14)9-10(2)15-3/h5-8,10,15,18H,4,9H2,1-3H3. The largest absolute Gasteiger partial charge is 0.334 e. The van der Waals surface area contributed by atoms with E-state index in [-0.39, 0.29) is 11.8 Å². The number of nitrogens with zero attached hydrogens (tertiary/aromatic N) is 2. The van der Waals surface area contributed by atoms with Crippen molar-refractivity contribution in [2.45, 2.75) is 26.3 Å². The summed E-state index contributed by atoms with van der Waals surface area (Å²) in [5.41, 5.74) is 0.997. The van der Waals surface area contributed by atoms with Crippen molar-refractivity contribution in [1.29, 1.82) is 0 Å². The molecule has 0 spiro atoms. The lowest BCUT2D eigenvalue weighted by Gasteiger charge is -2.08. The van der Waals surface area contributed by atoms with Crippen LogP contribution < -0.4 is 10.0 Å². The van der Waals surface area contributed by atoms with E-state index in [1.807, 2.05) is 14.0 Å². The van der Waals surface area contributed by atoms with Gasteiger partial charge in [0.25, 0.3) is 5.89 Å². The summed E-state index contributed by atoms with van der Waals surface area (Å²) in [7, 11) is -1.51. The molecule has 1 aromatic heterocycles. The zero-order chi connectivity index (χ0) is 16.2. The fourth-order valence-corrected chi connectivity index (χ4v) is 2.48. The fraction of sp³-hybridized carbons (Fsp3) is 0.429. The first-order valence-corrected chi connectivity index (χ1v) is 8.70. The molecule has 0 aliphatic heterocycles. The SMILES string of the molecule is CCS(=O)(=O)Nc1ccccc1-c1nc(CC(C)NC)no1. The van der Waals surface area contributed by atoms with Crippen molar-refractivity contribution in [3.8, 4) is 11.5 Å². The lowest BCUT2D eigenvalue weighted by Crippen LogP contribution is -2.24. The highest BCUT2D eigenvalue weighted by atomic mass is 32.2. The monoisotopic (exact) mass is 324 g/mol. The normalized spacial score (nSPS) is 13.0. The van der Waals surface area contributed by atoms with E-state index in [1.54, 1.807) is 31.2 Å². The van der Waals surface area contributed by atoms with Gasteiger partial charge in [0.05, 0.1) is 17.0 Å². The third-order valence-electron chi connectivity index (χ3n) is 3.25. The molecule has 1 heterocycles.